The average molecular weight is 405 g/mol. The molecule has 106 valence electrons. The van der Waals surface area contributed by atoms with E-state index in [0.717, 1.165) is 3.57 Å². The monoisotopic (exact) mass is 404 g/mol. The highest BCUT2D eigenvalue weighted by Crippen LogP contribution is 2.24. The number of carbonyl (C=O) groups is 1. The van der Waals surface area contributed by atoms with Gasteiger partial charge >= 0.3 is 5.97 Å². The normalized spacial score (nSPS) is 11.4. The van der Waals surface area contributed by atoms with Gasteiger partial charge in [-0.25, -0.2) is 9.78 Å². The Labute approximate surface area is 136 Å². The number of ether oxygens (including phenoxy) is 1. The van der Waals surface area contributed by atoms with E-state index in [9.17, 15) is 4.79 Å². The molecule has 2 heterocycles. The zero-order valence-electron chi connectivity index (χ0n) is 11.4. The summed E-state index contributed by atoms with van der Waals surface area (Å²) in [7, 11) is 0. The van der Waals surface area contributed by atoms with Crippen LogP contribution in [0.2, 0.25) is 5.02 Å². The zero-order valence-corrected chi connectivity index (χ0v) is 14.3. The van der Waals surface area contributed by atoms with Gasteiger partial charge in [0.15, 0.2) is 5.82 Å². The van der Waals surface area contributed by atoms with Gasteiger partial charge in [0, 0.05) is 22.2 Å². The molecule has 0 aliphatic carbocycles. The van der Waals surface area contributed by atoms with Crippen LogP contribution in [0.5, 0.6) is 0 Å². The van der Waals surface area contributed by atoms with Gasteiger partial charge in [0.1, 0.15) is 5.60 Å². The fourth-order valence-electron chi connectivity index (χ4n) is 1.58. The van der Waals surface area contributed by atoms with Crippen molar-refractivity contribution in [3.05, 3.63) is 44.9 Å². The highest BCUT2D eigenvalue weighted by atomic mass is 127. The summed E-state index contributed by atoms with van der Waals surface area (Å²) in [4.78, 5) is 16.2. The molecule has 2 rings (SSSR count). The van der Waals surface area contributed by atoms with Crippen molar-refractivity contribution < 1.29 is 9.53 Å². The smallest absolute Gasteiger partial charge is 0.340 e. The first-order chi connectivity index (χ1) is 9.28. The number of nitrogens with zero attached hydrogens (tertiary/aromatic N) is 2. The predicted molar refractivity (Wildman–Crippen MR) is 86.5 cm³/mol. The van der Waals surface area contributed by atoms with Crippen LogP contribution in [0.1, 0.15) is 31.1 Å². The standard InChI is InChI=1S/C14H14ClIN2O2/c1-14(2,3)20-13(19)9-5-7-18(8-9)12-11(15)10(16)4-6-17-12/h4-8H,1-3H3. The molecule has 20 heavy (non-hydrogen) atoms. The van der Waals surface area contributed by atoms with Crippen LogP contribution in [-0.2, 0) is 4.74 Å². The molecule has 0 aromatic carbocycles. The third kappa shape index (κ3) is 3.52. The number of carbonyl (C=O) groups excluding carboxylic acids is 1. The number of rotatable bonds is 2. The summed E-state index contributed by atoms with van der Waals surface area (Å²) >= 11 is 8.35. The second-order valence-corrected chi connectivity index (χ2v) is 6.78. The van der Waals surface area contributed by atoms with E-state index in [2.05, 4.69) is 27.6 Å². The molecule has 0 fully saturated rings. The second-order valence-electron chi connectivity index (χ2n) is 5.24. The minimum absolute atomic E-state index is 0.363. The Balaban J connectivity index is 2.30. The quantitative estimate of drug-likeness (QED) is 0.559. The first kappa shape index (κ1) is 15.3. The van der Waals surface area contributed by atoms with Crippen molar-refractivity contribution in [2.75, 3.05) is 0 Å². The minimum Gasteiger partial charge on any atom is -0.456 e. The molecule has 0 spiro atoms. The molecular formula is C14H14ClIN2O2. The maximum Gasteiger partial charge on any atom is 0.340 e. The van der Waals surface area contributed by atoms with E-state index in [-0.39, 0.29) is 5.97 Å². The van der Waals surface area contributed by atoms with Crippen LogP contribution in [0.3, 0.4) is 0 Å². The second kappa shape index (κ2) is 5.73. The van der Waals surface area contributed by atoms with Crippen molar-refractivity contribution in [1.29, 1.82) is 0 Å². The van der Waals surface area contributed by atoms with Gasteiger partial charge < -0.3 is 9.30 Å². The summed E-state index contributed by atoms with van der Waals surface area (Å²) in [6.45, 7) is 5.50. The van der Waals surface area contributed by atoms with Gasteiger partial charge in [-0.1, -0.05) is 11.6 Å². The molecular weight excluding hydrogens is 391 g/mol. The third-order valence-electron chi connectivity index (χ3n) is 2.40. The van der Waals surface area contributed by atoms with Crippen LogP contribution in [0, 0.1) is 3.57 Å². The van der Waals surface area contributed by atoms with Gasteiger partial charge in [0.05, 0.1) is 10.6 Å². The Morgan fingerprint density at radius 2 is 2.10 bits per heavy atom. The van der Waals surface area contributed by atoms with E-state index in [1.807, 2.05) is 26.8 Å². The van der Waals surface area contributed by atoms with E-state index in [0.29, 0.717) is 16.4 Å². The van der Waals surface area contributed by atoms with Crippen LogP contribution < -0.4 is 0 Å². The van der Waals surface area contributed by atoms with Gasteiger partial charge in [0.25, 0.3) is 0 Å². The SMILES string of the molecule is CC(C)(C)OC(=O)c1ccn(-c2nccc(I)c2Cl)c1. The van der Waals surface area contributed by atoms with Crippen LogP contribution in [-0.4, -0.2) is 21.1 Å². The number of pyridine rings is 1. The molecule has 0 atom stereocenters. The molecule has 0 aliphatic rings. The first-order valence-electron chi connectivity index (χ1n) is 5.99. The van der Waals surface area contributed by atoms with E-state index in [4.69, 9.17) is 16.3 Å². The summed E-state index contributed by atoms with van der Waals surface area (Å²) in [5.41, 5.74) is -0.0475. The van der Waals surface area contributed by atoms with E-state index in [1.54, 1.807) is 29.2 Å². The number of hydrogen-bond donors (Lipinski definition) is 0. The Kier molecular flexibility index (Phi) is 4.39. The van der Waals surface area contributed by atoms with Gasteiger partial charge in [0.2, 0.25) is 0 Å². The Bertz CT molecular complexity index is 647. The molecule has 0 N–H and O–H groups in total. The molecule has 0 unspecified atom stereocenters. The fourth-order valence-corrected chi connectivity index (χ4v) is 2.19. The van der Waals surface area contributed by atoms with Crippen molar-refractivity contribution in [2.24, 2.45) is 0 Å². The summed E-state index contributed by atoms with van der Waals surface area (Å²) in [6, 6.07) is 3.51. The van der Waals surface area contributed by atoms with Gasteiger partial charge in [-0.2, -0.15) is 0 Å². The molecule has 2 aromatic rings. The van der Waals surface area contributed by atoms with Crippen LogP contribution in [0.15, 0.2) is 30.7 Å². The van der Waals surface area contributed by atoms with Gasteiger partial charge in [-0.15, -0.1) is 0 Å². The molecule has 2 aromatic heterocycles. The lowest BCUT2D eigenvalue weighted by Gasteiger charge is -2.18. The van der Waals surface area contributed by atoms with Crippen molar-refractivity contribution >= 4 is 40.2 Å². The largest absolute Gasteiger partial charge is 0.456 e. The molecule has 6 heteroatoms. The molecule has 4 nitrogen and oxygen atoms in total. The topological polar surface area (TPSA) is 44.1 Å². The number of esters is 1. The van der Waals surface area contributed by atoms with Crippen LogP contribution >= 0.6 is 34.2 Å². The first-order valence-corrected chi connectivity index (χ1v) is 7.45. The molecule has 0 saturated carbocycles. The molecule has 0 radical (unpaired) electrons. The van der Waals surface area contributed by atoms with Crippen molar-refractivity contribution in [3.8, 4) is 5.82 Å². The maximum absolute atomic E-state index is 12.0. The maximum atomic E-state index is 12.0. The lowest BCUT2D eigenvalue weighted by Crippen LogP contribution is -2.23. The lowest BCUT2D eigenvalue weighted by molar-refractivity contribution is 0.00696. The van der Waals surface area contributed by atoms with Gasteiger partial charge in [-0.3, -0.25) is 0 Å². The molecule has 0 bridgehead atoms. The Hall–Kier alpha value is -1.08. The number of hydrogen-bond acceptors (Lipinski definition) is 3. The molecule has 0 saturated heterocycles. The summed E-state index contributed by atoms with van der Waals surface area (Å²) in [6.07, 6.45) is 5.08. The number of halogens is 2. The van der Waals surface area contributed by atoms with Gasteiger partial charge in [-0.05, 0) is 55.5 Å². The van der Waals surface area contributed by atoms with Crippen LogP contribution in [0.4, 0.5) is 0 Å². The van der Waals surface area contributed by atoms with Crippen molar-refractivity contribution in [3.63, 3.8) is 0 Å². The highest BCUT2D eigenvalue weighted by molar-refractivity contribution is 14.1. The lowest BCUT2D eigenvalue weighted by atomic mass is 10.2. The van der Waals surface area contributed by atoms with E-state index < -0.39 is 5.60 Å². The summed E-state index contributed by atoms with van der Waals surface area (Å²) < 4.78 is 7.94. The fraction of sp³-hybridized carbons (Fsp3) is 0.286. The van der Waals surface area contributed by atoms with E-state index >= 15 is 0 Å². The third-order valence-corrected chi connectivity index (χ3v) is 3.99. The summed E-state index contributed by atoms with van der Waals surface area (Å²) in [5, 5.41) is 0.555. The highest BCUT2D eigenvalue weighted by Gasteiger charge is 2.19. The predicted octanol–water partition coefficient (Wildman–Crippen LogP) is 4.09. The Morgan fingerprint density at radius 1 is 1.40 bits per heavy atom. The van der Waals surface area contributed by atoms with E-state index in [1.165, 1.54) is 0 Å². The average Bonchev–Trinajstić information content (AvgIpc) is 2.80. The van der Waals surface area contributed by atoms with Crippen molar-refractivity contribution in [2.45, 2.75) is 26.4 Å². The number of aromatic nitrogens is 2. The zero-order chi connectivity index (χ0) is 14.9. The summed E-state index contributed by atoms with van der Waals surface area (Å²) in [5.74, 6) is 0.228. The molecule has 0 aliphatic heterocycles. The minimum atomic E-state index is -0.517. The Morgan fingerprint density at radius 3 is 2.75 bits per heavy atom. The molecule has 0 amide bonds. The van der Waals surface area contributed by atoms with Crippen LogP contribution in [0.25, 0.3) is 5.82 Å². The van der Waals surface area contributed by atoms with Crippen molar-refractivity contribution in [1.82, 2.24) is 9.55 Å².